The summed E-state index contributed by atoms with van der Waals surface area (Å²) in [6.07, 6.45) is 0.639. The summed E-state index contributed by atoms with van der Waals surface area (Å²) in [4.78, 5) is 0.108. The molecule has 0 radical (unpaired) electrons. The van der Waals surface area contributed by atoms with Gasteiger partial charge in [0.2, 0.25) is 10.0 Å². The van der Waals surface area contributed by atoms with Crippen LogP contribution in [0.4, 0.5) is 0 Å². The summed E-state index contributed by atoms with van der Waals surface area (Å²) in [6, 6.07) is 15.5. The van der Waals surface area contributed by atoms with Gasteiger partial charge in [0.25, 0.3) is 0 Å². The molecule has 1 N–H and O–H groups in total. The molecule has 0 amide bonds. The molecule has 0 aromatic heterocycles. The largest absolute Gasteiger partial charge is 0.241 e. The first-order chi connectivity index (χ1) is 10.5. The van der Waals surface area contributed by atoms with Gasteiger partial charge in [0.1, 0.15) is 0 Å². The van der Waals surface area contributed by atoms with Crippen LogP contribution in [0.25, 0.3) is 0 Å². The smallest absolute Gasteiger partial charge is 0.207 e. The van der Waals surface area contributed by atoms with E-state index >= 15 is 0 Å². The van der Waals surface area contributed by atoms with Crippen LogP contribution in [0.1, 0.15) is 36.1 Å². The zero-order chi connectivity index (χ0) is 16.2. The van der Waals surface area contributed by atoms with Crippen LogP contribution >= 0.6 is 0 Å². The fourth-order valence-electron chi connectivity index (χ4n) is 2.17. The SMILES string of the molecule is CC[C@@H](NS(=O)(=O)c1cccc(C#N)c1)c1ccc(C)cc1. The number of nitrogens with zero attached hydrogens (tertiary/aromatic N) is 1. The first-order valence-corrected chi connectivity index (χ1v) is 8.53. The van der Waals surface area contributed by atoms with Crippen molar-refractivity contribution in [2.45, 2.75) is 31.2 Å². The van der Waals surface area contributed by atoms with Gasteiger partial charge in [-0.3, -0.25) is 0 Å². The van der Waals surface area contributed by atoms with Crippen molar-refractivity contribution >= 4 is 10.0 Å². The molecule has 4 nitrogen and oxygen atoms in total. The molecule has 5 heteroatoms. The highest BCUT2D eigenvalue weighted by Gasteiger charge is 2.20. The van der Waals surface area contributed by atoms with Crippen molar-refractivity contribution < 1.29 is 8.42 Å². The second-order valence-corrected chi connectivity index (χ2v) is 6.85. The van der Waals surface area contributed by atoms with Crippen LogP contribution in [0.5, 0.6) is 0 Å². The highest BCUT2D eigenvalue weighted by Crippen LogP contribution is 2.21. The van der Waals surface area contributed by atoms with Gasteiger partial charge in [0.15, 0.2) is 0 Å². The lowest BCUT2D eigenvalue weighted by Crippen LogP contribution is -2.28. The van der Waals surface area contributed by atoms with E-state index in [4.69, 9.17) is 5.26 Å². The summed E-state index contributed by atoms with van der Waals surface area (Å²) in [5.41, 5.74) is 2.38. The van der Waals surface area contributed by atoms with Gasteiger partial charge in [-0.15, -0.1) is 0 Å². The Hall–Kier alpha value is -2.16. The van der Waals surface area contributed by atoms with Crippen molar-refractivity contribution in [3.63, 3.8) is 0 Å². The van der Waals surface area contributed by atoms with Crippen LogP contribution in [-0.4, -0.2) is 8.42 Å². The molecular weight excluding hydrogens is 296 g/mol. The quantitative estimate of drug-likeness (QED) is 0.920. The average Bonchev–Trinajstić information content (AvgIpc) is 2.53. The Morgan fingerprint density at radius 3 is 2.45 bits per heavy atom. The number of benzene rings is 2. The van der Waals surface area contributed by atoms with E-state index in [1.807, 2.05) is 44.2 Å². The Kier molecular flexibility index (Phi) is 4.96. The van der Waals surface area contributed by atoms with E-state index in [-0.39, 0.29) is 10.9 Å². The summed E-state index contributed by atoms with van der Waals surface area (Å²) in [7, 11) is -3.66. The van der Waals surface area contributed by atoms with Crippen molar-refractivity contribution in [2.24, 2.45) is 0 Å². The van der Waals surface area contributed by atoms with Crippen molar-refractivity contribution in [3.8, 4) is 6.07 Å². The summed E-state index contributed by atoms with van der Waals surface area (Å²) in [6.45, 7) is 3.92. The normalized spacial score (nSPS) is 12.6. The number of aryl methyl sites for hydroxylation is 1. The maximum atomic E-state index is 12.5. The molecule has 1 atom stereocenters. The molecule has 2 aromatic rings. The van der Waals surface area contributed by atoms with E-state index in [9.17, 15) is 8.42 Å². The van der Waals surface area contributed by atoms with Gasteiger partial charge in [-0.05, 0) is 37.1 Å². The molecule has 114 valence electrons. The molecule has 0 spiro atoms. The minimum atomic E-state index is -3.66. The molecule has 22 heavy (non-hydrogen) atoms. The van der Waals surface area contributed by atoms with Crippen LogP contribution in [0, 0.1) is 18.3 Å². The summed E-state index contributed by atoms with van der Waals surface area (Å²) < 4.78 is 27.7. The van der Waals surface area contributed by atoms with Gasteiger partial charge in [0, 0.05) is 6.04 Å². The minimum Gasteiger partial charge on any atom is -0.207 e. The third kappa shape index (κ3) is 3.73. The van der Waals surface area contributed by atoms with Crippen LogP contribution in [0.15, 0.2) is 53.4 Å². The summed E-state index contributed by atoms with van der Waals surface area (Å²) in [5, 5.41) is 8.89. The van der Waals surface area contributed by atoms with E-state index < -0.39 is 10.0 Å². The zero-order valence-electron chi connectivity index (χ0n) is 12.6. The summed E-state index contributed by atoms with van der Waals surface area (Å²) >= 11 is 0. The average molecular weight is 314 g/mol. The molecule has 0 heterocycles. The molecule has 0 saturated carbocycles. The van der Waals surface area contributed by atoms with Crippen molar-refractivity contribution in [1.82, 2.24) is 4.72 Å². The molecule has 2 aromatic carbocycles. The number of sulfonamides is 1. The van der Waals surface area contributed by atoms with Gasteiger partial charge >= 0.3 is 0 Å². The third-order valence-electron chi connectivity index (χ3n) is 3.46. The standard InChI is InChI=1S/C17H18N2O2S/c1-3-17(15-9-7-13(2)8-10-15)19-22(20,21)16-6-4-5-14(11-16)12-18/h4-11,17,19H,3H2,1-2H3/t17-/m1/s1. The second kappa shape index (κ2) is 6.73. The molecule has 0 aliphatic rings. The van der Waals surface area contributed by atoms with Gasteiger partial charge in [-0.2, -0.15) is 5.26 Å². The first kappa shape index (κ1) is 16.2. The number of hydrogen-bond donors (Lipinski definition) is 1. The van der Waals surface area contributed by atoms with Crippen LogP contribution in [0.2, 0.25) is 0 Å². The molecule has 0 saturated heterocycles. The second-order valence-electron chi connectivity index (χ2n) is 5.13. The minimum absolute atomic E-state index is 0.108. The maximum absolute atomic E-state index is 12.5. The van der Waals surface area contributed by atoms with Gasteiger partial charge in [0.05, 0.1) is 16.5 Å². The highest BCUT2D eigenvalue weighted by molar-refractivity contribution is 7.89. The van der Waals surface area contributed by atoms with Crippen molar-refractivity contribution in [3.05, 3.63) is 65.2 Å². The summed E-state index contributed by atoms with van der Waals surface area (Å²) in [5.74, 6) is 0. The van der Waals surface area contributed by atoms with Crippen molar-refractivity contribution in [1.29, 1.82) is 5.26 Å². The van der Waals surface area contributed by atoms with Crippen molar-refractivity contribution in [2.75, 3.05) is 0 Å². The Balaban J connectivity index is 2.29. The monoisotopic (exact) mass is 314 g/mol. The fourth-order valence-corrected chi connectivity index (χ4v) is 3.53. The Morgan fingerprint density at radius 2 is 1.86 bits per heavy atom. The van der Waals surface area contributed by atoms with Crippen LogP contribution in [-0.2, 0) is 10.0 Å². The van der Waals surface area contributed by atoms with E-state index in [2.05, 4.69) is 4.72 Å². The number of nitrogens with one attached hydrogen (secondary N) is 1. The van der Waals surface area contributed by atoms with Gasteiger partial charge < -0.3 is 0 Å². The third-order valence-corrected chi connectivity index (χ3v) is 4.93. The van der Waals surface area contributed by atoms with E-state index in [0.29, 0.717) is 12.0 Å². The molecule has 0 bridgehead atoms. The number of hydrogen-bond acceptors (Lipinski definition) is 3. The Morgan fingerprint density at radius 1 is 1.18 bits per heavy atom. The highest BCUT2D eigenvalue weighted by atomic mass is 32.2. The van der Waals surface area contributed by atoms with E-state index in [0.717, 1.165) is 11.1 Å². The Bertz CT molecular complexity index is 790. The Labute approximate surface area is 131 Å². The van der Waals surface area contributed by atoms with E-state index in [1.54, 1.807) is 12.1 Å². The molecule has 0 fully saturated rings. The first-order valence-electron chi connectivity index (χ1n) is 7.05. The molecule has 2 rings (SSSR count). The number of rotatable bonds is 5. The fraction of sp³-hybridized carbons (Fsp3) is 0.235. The lowest BCUT2D eigenvalue weighted by atomic mass is 10.0. The predicted octanol–water partition coefficient (Wildman–Crippen LogP) is 3.30. The number of nitriles is 1. The zero-order valence-corrected chi connectivity index (χ0v) is 13.4. The van der Waals surface area contributed by atoms with Gasteiger partial charge in [-0.25, -0.2) is 13.1 Å². The lowest BCUT2D eigenvalue weighted by molar-refractivity contribution is 0.550. The topological polar surface area (TPSA) is 70.0 Å². The van der Waals surface area contributed by atoms with E-state index in [1.165, 1.54) is 12.1 Å². The van der Waals surface area contributed by atoms with Crippen LogP contribution < -0.4 is 4.72 Å². The maximum Gasteiger partial charge on any atom is 0.241 e. The molecule has 0 aliphatic heterocycles. The molecule has 0 unspecified atom stereocenters. The van der Waals surface area contributed by atoms with Crippen LogP contribution in [0.3, 0.4) is 0 Å². The van der Waals surface area contributed by atoms with Gasteiger partial charge in [-0.1, -0.05) is 42.8 Å². The molecule has 0 aliphatic carbocycles. The lowest BCUT2D eigenvalue weighted by Gasteiger charge is -2.18. The molecular formula is C17H18N2O2S. The predicted molar refractivity (Wildman–Crippen MR) is 85.7 cm³/mol.